The fourth-order valence-corrected chi connectivity index (χ4v) is 1.34. The van der Waals surface area contributed by atoms with Crippen LogP contribution >= 0.6 is 0 Å². The van der Waals surface area contributed by atoms with Gasteiger partial charge in [-0.05, 0) is 12.5 Å². The van der Waals surface area contributed by atoms with Crippen LogP contribution < -0.4 is 39.1 Å². The highest BCUT2D eigenvalue weighted by Gasteiger charge is 2.07. The smallest absolute Gasteiger partial charge is 0.0646 e. The summed E-state index contributed by atoms with van der Waals surface area (Å²) in [7, 11) is 0. The normalized spacial score (nSPS) is 13.5. The van der Waals surface area contributed by atoms with Crippen LogP contribution in [0.5, 0.6) is 0 Å². The molecule has 0 aliphatic carbocycles. The topological polar surface area (TPSA) is 130 Å². The highest BCUT2D eigenvalue weighted by Crippen LogP contribution is 2.17. The van der Waals surface area contributed by atoms with E-state index in [0.29, 0.717) is 27.5 Å². The predicted octanol–water partition coefficient (Wildman–Crippen LogP) is -1.86. The van der Waals surface area contributed by atoms with Gasteiger partial charge < -0.3 is 28.7 Å². The lowest BCUT2D eigenvalue weighted by Gasteiger charge is -2.09. The number of benzene rings is 1. The Morgan fingerprint density at radius 3 is 1.64 bits per heavy atom. The third-order valence-corrected chi connectivity index (χ3v) is 2.30. The zero-order valence-electron chi connectivity index (χ0n) is 8.04. The summed E-state index contributed by atoms with van der Waals surface area (Å²) >= 11 is 0. The van der Waals surface area contributed by atoms with Gasteiger partial charge in [0.15, 0.2) is 0 Å². The van der Waals surface area contributed by atoms with Crippen LogP contribution in [0.15, 0.2) is 0 Å². The average molecular weight is 193 g/mol. The van der Waals surface area contributed by atoms with E-state index in [-0.39, 0.29) is 0 Å². The quantitative estimate of drug-likeness (QED) is 0.308. The van der Waals surface area contributed by atoms with Crippen molar-refractivity contribution >= 4 is 29.5 Å². The van der Waals surface area contributed by atoms with Crippen molar-refractivity contribution in [2.45, 2.75) is 6.92 Å². The summed E-state index contributed by atoms with van der Waals surface area (Å²) < 4.78 is 0. The Morgan fingerprint density at radius 1 is 0.786 bits per heavy atom. The van der Waals surface area contributed by atoms with Gasteiger partial charge in [0, 0.05) is 28.5 Å². The number of hydrogen-bond acceptors (Lipinski definition) is 5. The zero-order valence-corrected chi connectivity index (χ0v) is 8.04. The van der Waals surface area contributed by atoms with Crippen LogP contribution in [0.4, 0.5) is 17.1 Å². The summed E-state index contributed by atoms with van der Waals surface area (Å²) in [6, 6.07) is 0. The summed E-state index contributed by atoms with van der Waals surface area (Å²) in [6.07, 6.45) is 2.72. The second-order valence-corrected chi connectivity index (χ2v) is 3.03. The van der Waals surface area contributed by atoms with Gasteiger partial charge in [-0.2, -0.15) is 0 Å². The van der Waals surface area contributed by atoms with Crippen LogP contribution in [0.25, 0.3) is 12.4 Å². The Bertz CT molecular complexity index is 430. The molecule has 0 spiro atoms. The Balaban J connectivity index is 3.97. The molecular weight excluding hydrogens is 178 g/mol. The van der Waals surface area contributed by atoms with Gasteiger partial charge in [-0.25, -0.2) is 0 Å². The minimum Gasteiger partial charge on any atom is -0.404 e. The first-order chi connectivity index (χ1) is 6.54. The number of nitrogen functional groups attached to an aromatic ring is 3. The summed E-state index contributed by atoms with van der Waals surface area (Å²) in [4.78, 5) is 0. The molecule has 0 saturated heterocycles. The van der Waals surface area contributed by atoms with E-state index in [4.69, 9.17) is 28.7 Å². The summed E-state index contributed by atoms with van der Waals surface area (Å²) in [5, 5.41) is 1.20. The SMILES string of the molecule is Cc1c(N)c(N)c(=C\N)/c(=C/N)c1N. The van der Waals surface area contributed by atoms with Crippen molar-refractivity contribution < 1.29 is 0 Å². The van der Waals surface area contributed by atoms with Crippen LogP contribution in [-0.4, -0.2) is 0 Å². The lowest BCUT2D eigenvalue weighted by Crippen LogP contribution is -2.34. The molecule has 0 unspecified atom stereocenters. The molecule has 0 saturated carbocycles. The van der Waals surface area contributed by atoms with Crippen molar-refractivity contribution in [1.82, 2.24) is 0 Å². The molecule has 0 aromatic heterocycles. The largest absolute Gasteiger partial charge is 0.404 e. The van der Waals surface area contributed by atoms with E-state index in [1.165, 1.54) is 12.4 Å². The highest BCUT2D eigenvalue weighted by atomic mass is 14.7. The molecule has 5 nitrogen and oxygen atoms in total. The first-order valence-corrected chi connectivity index (χ1v) is 4.11. The van der Waals surface area contributed by atoms with Crippen LogP contribution in [0, 0.1) is 6.92 Å². The fraction of sp³-hybridized carbons (Fsp3) is 0.111. The van der Waals surface area contributed by atoms with E-state index in [0.717, 1.165) is 5.56 Å². The molecule has 1 rings (SSSR count). The minimum absolute atomic E-state index is 0.413. The van der Waals surface area contributed by atoms with Gasteiger partial charge in [-0.3, -0.25) is 0 Å². The van der Waals surface area contributed by atoms with Crippen LogP contribution in [0.3, 0.4) is 0 Å². The number of nitrogens with two attached hydrogens (primary N) is 5. The average Bonchev–Trinajstić information content (AvgIpc) is 2.20. The monoisotopic (exact) mass is 193 g/mol. The van der Waals surface area contributed by atoms with Crippen LogP contribution in [0.1, 0.15) is 5.56 Å². The molecule has 10 N–H and O–H groups in total. The lowest BCUT2D eigenvalue weighted by atomic mass is 10.1. The molecule has 1 aromatic carbocycles. The van der Waals surface area contributed by atoms with E-state index in [1.807, 2.05) is 0 Å². The van der Waals surface area contributed by atoms with E-state index >= 15 is 0 Å². The molecule has 0 amide bonds. The first-order valence-electron chi connectivity index (χ1n) is 4.11. The summed E-state index contributed by atoms with van der Waals surface area (Å²) in [6.45, 7) is 1.79. The second kappa shape index (κ2) is 3.37. The van der Waals surface area contributed by atoms with Gasteiger partial charge in [0.25, 0.3) is 0 Å². The Kier molecular flexibility index (Phi) is 2.42. The maximum absolute atomic E-state index is 5.82. The number of hydrogen-bond donors (Lipinski definition) is 5. The molecule has 14 heavy (non-hydrogen) atoms. The molecule has 1 aromatic rings. The third kappa shape index (κ3) is 1.19. The minimum atomic E-state index is 0.413. The Labute approximate surface area is 81.8 Å². The van der Waals surface area contributed by atoms with Gasteiger partial charge in [0.05, 0.1) is 11.4 Å². The molecule has 76 valence electrons. The Morgan fingerprint density at radius 2 is 1.21 bits per heavy atom. The van der Waals surface area contributed by atoms with Gasteiger partial charge in [-0.1, -0.05) is 0 Å². The van der Waals surface area contributed by atoms with Crippen molar-refractivity contribution in [2.24, 2.45) is 11.5 Å². The molecule has 0 heterocycles. The molecule has 0 atom stereocenters. The van der Waals surface area contributed by atoms with E-state index in [2.05, 4.69) is 0 Å². The molecule has 0 radical (unpaired) electrons. The lowest BCUT2D eigenvalue weighted by molar-refractivity contribution is 1.39. The van der Waals surface area contributed by atoms with E-state index in [9.17, 15) is 0 Å². The highest BCUT2D eigenvalue weighted by molar-refractivity contribution is 5.76. The molecule has 0 fully saturated rings. The van der Waals surface area contributed by atoms with Crippen molar-refractivity contribution in [3.63, 3.8) is 0 Å². The van der Waals surface area contributed by atoms with Crippen molar-refractivity contribution in [1.29, 1.82) is 0 Å². The predicted molar refractivity (Wildman–Crippen MR) is 61.0 cm³/mol. The fourth-order valence-electron chi connectivity index (χ4n) is 1.34. The van der Waals surface area contributed by atoms with Gasteiger partial charge >= 0.3 is 0 Å². The zero-order chi connectivity index (χ0) is 10.9. The van der Waals surface area contributed by atoms with Crippen molar-refractivity contribution in [3.8, 4) is 0 Å². The molecule has 0 aliphatic rings. The molecular formula is C9H15N5. The van der Waals surface area contributed by atoms with Gasteiger partial charge in [0.1, 0.15) is 0 Å². The van der Waals surface area contributed by atoms with Crippen molar-refractivity contribution in [2.75, 3.05) is 17.2 Å². The molecule has 0 bridgehead atoms. The number of anilines is 3. The maximum Gasteiger partial charge on any atom is 0.0646 e. The van der Waals surface area contributed by atoms with E-state index in [1.54, 1.807) is 6.92 Å². The molecule has 0 aliphatic heterocycles. The van der Waals surface area contributed by atoms with Crippen LogP contribution in [-0.2, 0) is 0 Å². The summed E-state index contributed by atoms with van der Waals surface area (Å²) in [5.41, 5.74) is 30.3. The Hall–Kier alpha value is -2.04. The van der Waals surface area contributed by atoms with E-state index < -0.39 is 0 Å². The standard InChI is InChI=1S/C9H15N5/c1-4-7(12)5(2-10)6(3-11)9(14)8(4)13/h2-3H,10-14H2,1H3/b5-2-,6-3-. The second-order valence-electron chi connectivity index (χ2n) is 3.03. The number of rotatable bonds is 0. The van der Waals surface area contributed by atoms with Crippen molar-refractivity contribution in [3.05, 3.63) is 16.0 Å². The molecule has 5 heteroatoms. The third-order valence-electron chi connectivity index (χ3n) is 2.30. The summed E-state index contributed by atoms with van der Waals surface area (Å²) in [5.74, 6) is 0. The maximum atomic E-state index is 5.82. The van der Waals surface area contributed by atoms with Crippen LogP contribution in [0.2, 0.25) is 0 Å². The van der Waals surface area contributed by atoms with Gasteiger partial charge in [0.2, 0.25) is 0 Å². The van der Waals surface area contributed by atoms with Gasteiger partial charge in [-0.15, -0.1) is 0 Å². The first kappa shape index (κ1) is 10.0.